The summed E-state index contributed by atoms with van der Waals surface area (Å²) in [6.45, 7) is 4.18. The van der Waals surface area contributed by atoms with E-state index in [2.05, 4.69) is 22.7 Å². The van der Waals surface area contributed by atoms with Gasteiger partial charge in [-0.3, -0.25) is 14.3 Å². The number of fused-ring (bicyclic) bond motifs is 1. The number of amides is 2. The fourth-order valence-corrected chi connectivity index (χ4v) is 5.35. The van der Waals surface area contributed by atoms with Crippen LogP contribution in [0.25, 0.3) is 0 Å². The summed E-state index contributed by atoms with van der Waals surface area (Å²) in [7, 11) is 1.73. The lowest BCUT2D eigenvalue weighted by molar-refractivity contribution is 0.101. The highest BCUT2D eigenvalue weighted by molar-refractivity contribution is 7.17. The molecule has 156 valence electrons. The van der Waals surface area contributed by atoms with Crippen molar-refractivity contribution in [2.75, 3.05) is 10.6 Å². The lowest BCUT2D eigenvalue weighted by Crippen LogP contribution is -2.21. The Morgan fingerprint density at radius 3 is 2.70 bits per heavy atom. The topological polar surface area (TPSA) is 76.0 Å². The van der Waals surface area contributed by atoms with Crippen molar-refractivity contribution in [2.45, 2.75) is 39.5 Å². The predicted octanol–water partition coefficient (Wildman–Crippen LogP) is 4.81. The van der Waals surface area contributed by atoms with Crippen LogP contribution in [0.5, 0.6) is 0 Å². The van der Waals surface area contributed by atoms with Crippen LogP contribution in [-0.4, -0.2) is 21.6 Å². The van der Waals surface area contributed by atoms with Crippen molar-refractivity contribution in [2.24, 2.45) is 13.0 Å². The van der Waals surface area contributed by atoms with Gasteiger partial charge in [0.15, 0.2) is 0 Å². The summed E-state index contributed by atoms with van der Waals surface area (Å²) in [4.78, 5) is 27.4. The van der Waals surface area contributed by atoms with Crippen molar-refractivity contribution < 1.29 is 9.59 Å². The minimum atomic E-state index is -0.259. The highest BCUT2D eigenvalue weighted by Gasteiger charge is 2.29. The van der Waals surface area contributed by atoms with Gasteiger partial charge >= 0.3 is 0 Å². The van der Waals surface area contributed by atoms with Gasteiger partial charge in [-0.1, -0.05) is 31.5 Å². The number of hydrogen-bond donors (Lipinski definition) is 2. The maximum Gasteiger partial charge on any atom is 0.274 e. The van der Waals surface area contributed by atoms with Gasteiger partial charge in [-0.05, 0) is 55.4 Å². The molecule has 6 nitrogen and oxygen atoms in total. The Morgan fingerprint density at radius 1 is 1.20 bits per heavy atom. The second-order valence-electron chi connectivity index (χ2n) is 7.79. The molecule has 2 N–H and O–H groups in total. The van der Waals surface area contributed by atoms with Crippen LogP contribution in [-0.2, 0) is 19.9 Å². The summed E-state index contributed by atoms with van der Waals surface area (Å²) in [6.07, 6.45) is 5.61. The van der Waals surface area contributed by atoms with Crippen molar-refractivity contribution in [1.29, 1.82) is 0 Å². The van der Waals surface area contributed by atoms with Gasteiger partial charge in [0, 0.05) is 23.8 Å². The first-order chi connectivity index (χ1) is 14.5. The molecule has 2 heterocycles. The second kappa shape index (κ2) is 8.44. The quantitative estimate of drug-likeness (QED) is 0.620. The van der Waals surface area contributed by atoms with E-state index in [1.165, 1.54) is 20.9 Å². The number of nitrogens with one attached hydrogen (secondary N) is 2. The Kier molecular flexibility index (Phi) is 5.72. The number of aromatic nitrogens is 2. The monoisotopic (exact) mass is 422 g/mol. The zero-order valence-corrected chi connectivity index (χ0v) is 18.3. The molecule has 0 saturated heterocycles. The maximum atomic E-state index is 13.3. The first kappa shape index (κ1) is 20.3. The third-order valence-corrected chi connectivity index (χ3v) is 7.02. The number of thiophene rings is 1. The molecule has 0 fully saturated rings. The third-order valence-electron chi connectivity index (χ3n) is 5.85. The molecule has 2 amide bonds. The van der Waals surface area contributed by atoms with Crippen LogP contribution in [0.1, 0.15) is 56.6 Å². The second-order valence-corrected chi connectivity index (χ2v) is 8.89. The Labute approximate surface area is 180 Å². The van der Waals surface area contributed by atoms with Gasteiger partial charge in [-0.15, -0.1) is 11.3 Å². The Morgan fingerprint density at radius 2 is 2.00 bits per heavy atom. The number of nitrogens with zero attached hydrogens (tertiary/aromatic N) is 2. The minimum Gasteiger partial charge on any atom is -0.322 e. The number of benzene rings is 1. The molecule has 4 rings (SSSR count). The Bertz CT molecular complexity index is 1100. The Hall–Kier alpha value is -2.93. The van der Waals surface area contributed by atoms with Crippen molar-refractivity contribution in [3.63, 3.8) is 0 Å². The van der Waals surface area contributed by atoms with Crippen LogP contribution in [0.2, 0.25) is 0 Å². The van der Waals surface area contributed by atoms with E-state index in [0.29, 0.717) is 22.2 Å². The maximum absolute atomic E-state index is 13.3. The molecule has 2 aromatic heterocycles. The van der Waals surface area contributed by atoms with Gasteiger partial charge in [0.2, 0.25) is 0 Å². The van der Waals surface area contributed by atoms with E-state index in [0.717, 1.165) is 42.5 Å². The summed E-state index contributed by atoms with van der Waals surface area (Å²) in [6, 6.07) is 9.39. The fourth-order valence-electron chi connectivity index (χ4n) is 3.99. The predicted molar refractivity (Wildman–Crippen MR) is 120 cm³/mol. The van der Waals surface area contributed by atoms with Crippen LogP contribution in [0, 0.1) is 12.8 Å². The molecule has 0 bridgehead atoms. The SMILES string of the molecule is CCC1CCc2c(sc(NC(=O)c3ccnn3C)c2C(=O)Nc2ccccc2C)C1. The van der Waals surface area contributed by atoms with Gasteiger partial charge in [-0.2, -0.15) is 5.10 Å². The number of carbonyl (C=O) groups excluding carboxylic acids is 2. The highest BCUT2D eigenvalue weighted by Crippen LogP contribution is 2.41. The average molecular weight is 423 g/mol. The van der Waals surface area contributed by atoms with Gasteiger partial charge in [0.1, 0.15) is 10.7 Å². The number of hydrogen-bond acceptors (Lipinski definition) is 4. The summed E-state index contributed by atoms with van der Waals surface area (Å²) in [5.74, 6) is 0.201. The number of para-hydroxylation sites is 1. The highest BCUT2D eigenvalue weighted by atomic mass is 32.1. The van der Waals surface area contributed by atoms with Gasteiger partial charge in [0.05, 0.1) is 5.56 Å². The van der Waals surface area contributed by atoms with E-state index in [1.54, 1.807) is 19.3 Å². The van der Waals surface area contributed by atoms with Crippen molar-refractivity contribution >= 4 is 33.8 Å². The minimum absolute atomic E-state index is 0.169. The van der Waals surface area contributed by atoms with E-state index in [9.17, 15) is 9.59 Å². The lowest BCUT2D eigenvalue weighted by Gasteiger charge is -2.21. The molecular weight excluding hydrogens is 396 g/mol. The van der Waals surface area contributed by atoms with Crippen LogP contribution >= 0.6 is 11.3 Å². The van der Waals surface area contributed by atoms with Crippen molar-refractivity contribution in [3.05, 3.63) is 63.8 Å². The molecular formula is C23H26N4O2S. The number of rotatable bonds is 5. The van der Waals surface area contributed by atoms with E-state index in [1.807, 2.05) is 31.2 Å². The molecule has 30 heavy (non-hydrogen) atoms. The summed E-state index contributed by atoms with van der Waals surface area (Å²) >= 11 is 1.53. The summed E-state index contributed by atoms with van der Waals surface area (Å²) in [5, 5.41) is 10.7. The van der Waals surface area contributed by atoms with Crippen molar-refractivity contribution in [3.8, 4) is 0 Å². The molecule has 1 aromatic carbocycles. The zero-order valence-electron chi connectivity index (χ0n) is 17.5. The summed E-state index contributed by atoms with van der Waals surface area (Å²) < 4.78 is 1.53. The summed E-state index contributed by atoms with van der Waals surface area (Å²) in [5.41, 5.74) is 3.92. The molecule has 7 heteroatoms. The number of anilines is 2. The zero-order chi connectivity index (χ0) is 21.3. The number of carbonyl (C=O) groups is 2. The largest absolute Gasteiger partial charge is 0.322 e. The van der Waals surface area contributed by atoms with E-state index in [-0.39, 0.29) is 11.8 Å². The van der Waals surface area contributed by atoms with Gasteiger partial charge < -0.3 is 10.6 Å². The smallest absolute Gasteiger partial charge is 0.274 e. The Balaban J connectivity index is 1.69. The van der Waals surface area contributed by atoms with E-state index < -0.39 is 0 Å². The molecule has 0 saturated carbocycles. The molecule has 1 atom stereocenters. The molecule has 1 unspecified atom stereocenters. The van der Waals surface area contributed by atoms with Crippen LogP contribution < -0.4 is 10.6 Å². The molecule has 0 radical (unpaired) electrons. The van der Waals surface area contributed by atoms with Gasteiger partial charge in [0.25, 0.3) is 11.8 Å². The molecule has 3 aromatic rings. The first-order valence-corrected chi connectivity index (χ1v) is 11.1. The third kappa shape index (κ3) is 3.89. The average Bonchev–Trinajstić information content (AvgIpc) is 3.31. The fraction of sp³-hybridized carbons (Fsp3) is 0.348. The standard InChI is InChI=1S/C23H26N4O2S/c1-4-15-9-10-16-19(13-15)30-23(26-21(28)18-11-12-24-27(18)3)20(16)22(29)25-17-8-6-5-7-14(17)2/h5-8,11-12,15H,4,9-10,13H2,1-3H3,(H,25,29)(H,26,28). The van der Waals surface area contributed by atoms with Crippen LogP contribution in [0.4, 0.5) is 10.7 Å². The van der Waals surface area contributed by atoms with E-state index >= 15 is 0 Å². The molecule has 1 aliphatic carbocycles. The van der Waals surface area contributed by atoms with Gasteiger partial charge in [-0.25, -0.2) is 0 Å². The first-order valence-electron chi connectivity index (χ1n) is 10.3. The lowest BCUT2D eigenvalue weighted by atomic mass is 9.85. The van der Waals surface area contributed by atoms with E-state index in [4.69, 9.17) is 0 Å². The normalized spacial score (nSPS) is 15.5. The van der Waals surface area contributed by atoms with Crippen molar-refractivity contribution in [1.82, 2.24) is 9.78 Å². The number of aryl methyl sites for hydroxylation is 2. The molecule has 0 aliphatic heterocycles. The molecule has 0 spiro atoms. The van der Waals surface area contributed by atoms with Crippen LogP contribution in [0.15, 0.2) is 36.5 Å². The molecule has 1 aliphatic rings. The van der Waals surface area contributed by atoms with Crippen LogP contribution in [0.3, 0.4) is 0 Å².